The molecular weight excluding hydrogens is 218 g/mol. The van der Waals surface area contributed by atoms with Crippen molar-refractivity contribution in [3.63, 3.8) is 0 Å². The molecule has 1 amide bonds. The van der Waals surface area contributed by atoms with Crippen LogP contribution in [-0.4, -0.2) is 16.1 Å². The second-order valence-electron chi connectivity index (χ2n) is 3.35. The monoisotopic (exact) mass is 227 g/mol. The third kappa shape index (κ3) is 2.41. The molecule has 6 nitrogen and oxygen atoms in total. The lowest BCUT2D eigenvalue weighted by molar-refractivity contribution is 0.102. The van der Waals surface area contributed by atoms with Crippen molar-refractivity contribution >= 4 is 17.4 Å². The zero-order valence-corrected chi connectivity index (χ0v) is 8.77. The molecular formula is C11H9N5O. The van der Waals surface area contributed by atoms with E-state index in [1.165, 1.54) is 6.07 Å². The number of anilines is 2. The predicted octanol–water partition coefficient (Wildman–Crippen LogP) is 1.12. The van der Waals surface area contributed by atoms with Crippen LogP contribution in [0.1, 0.15) is 16.1 Å². The number of rotatable bonds is 2. The Morgan fingerprint density at radius 2 is 2.29 bits per heavy atom. The van der Waals surface area contributed by atoms with E-state index in [4.69, 9.17) is 11.0 Å². The van der Waals surface area contributed by atoms with Gasteiger partial charge in [0.25, 0.3) is 5.91 Å². The van der Waals surface area contributed by atoms with Crippen LogP contribution in [-0.2, 0) is 0 Å². The second kappa shape index (κ2) is 4.37. The van der Waals surface area contributed by atoms with Gasteiger partial charge < -0.3 is 11.1 Å². The van der Waals surface area contributed by atoms with Gasteiger partial charge >= 0.3 is 0 Å². The van der Waals surface area contributed by atoms with Gasteiger partial charge in [-0.3, -0.25) is 9.89 Å². The Morgan fingerprint density at radius 1 is 1.47 bits per heavy atom. The van der Waals surface area contributed by atoms with Crippen molar-refractivity contribution in [1.82, 2.24) is 10.2 Å². The van der Waals surface area contributed by atoms with Crippen LogP contribution in [0.2, 0.25) is 0 Å². The summed E-state index contributed by atoms with van der Waals surface area (Å²) in [5.74, 6) is -0.106. The molecule has 2 rings (SSSR count). The number of aromatic nitrogens is 2. The predicted molar refractivity (Wildman–Crippen MR) is 62.1 cm³/mol. The topological polar surface area (TPSA) is 108 Å². The zero-order chi connectivity index (χ0) is 12.3. The molecule has 0 saturated heterocycles. The van der Waals surface area contributed by atoms with Gasteiger partial charge in [-0.15, -0.1) is 0 Å². The van der Waals surface area contributed by atoms with Crippen molar-refractivity contribution in [3.05, 3.63) is 41.6 Å². The van der Waals surface area contributed by atoms with Crippen molar-refractivity contribution in [2.24, 2.45) is 0 Å². The van der Waals surface area contributed by atoms with E-state index in [0.29, 0.717) is 11.3 Å². The molecule has 0 aliphatic rings. The summed E-state index contributed by atoms with van der Waals surface area (Å²) in [7, 11) is 0. The van der Waals surface area contributed by atoms with Crippen LogP contribution in [0.15, 0.2) is 30.3 Å². The average molecular weight is 227 g/mol. The highest BCUT2D eigenvalue weighted by Crippen LogP contribution is 2.11. The van der Waals surface area contributed by atoms with E-state index >= 15 is 0 Å². The van der Waals surface area contributed by atoms with Crippen molar-refractivity contribution in [2.75, 3.05) is 11.1 Å². The first-order valence-corrected chi connectivity index (χ1v) is 4.81. The molecule has 1 aromatic heterocycles. The third-order valence-corrected chi connectivity index (χ3v) is 2.09. The van der Waals surface area contributed by atoms with E-state index < -0.39 is 0 Å². The summed E-state index contributed by atoms with van der Waals surface area (Å²) >= 11 is 0. The fourth-order valence-electron chi connectivity index (χ4n) is 1.32. The third-order valence-electron chi connectivity index (χ3n) is 2.09. The molecule has 0 aliphatic heterocycles. The molecule has 0 radical (unpaired) electrons. The number of H-pyrrole nitrogens is 1. The van der Waals surface area contributed by atoms with Crippen LogP contribution in [0.25, 0.3) is 0 Å². The number of nitriles is 1. The number of nitrogens with two attached hydrogens (primary N) is 1. The summed E-state index contributed by atoms with van der Waals surface area (Å²) in [5.41, 5.74) is 6.68. The molecule has 17 heavy (non-hydrogen) atoms. The Kier molecular flexibility index (Phi) is 2.75. The van der Waals surface area contributed by atoms with Gasteiger partial charge in [-0.05, 0) is 18.2 Å². The van der Waals surface area contributed by atoms with Crippen LogP contribution >= 0.6 is 0 Å². The fourth-order valence-corrected chi connectivity index (χ4v) is 1.32. The number of carbonyl (C=O) groups is 1. The first kappa shape index (κ1) is 10.7. The van der Waals surface area contributed by atoms with E-state index in [9.17, 15) is 4.79 Å². The maximum atomic E-state index is 11.7. The minimum absolute atomic E-state index is 0.251. The molecule has 84 valence electrons. The molecule has 1 heterocycles. The number of hydrogen-bond donors (Lipinski definition) is 3. The molecule has 6 heteroatoms. The van der Waals surface area contributed by atoms with E-state index in [1.807, 2.05) is 6.07 Å². The van der Waals surface area contributed by atoms with Gasteiger partial charge in [0, 0.05) is 11.8 Å². The summed E-state index contributed by atoms with van der Waals surface area (Å²) in [6.07, 6.45) is 0. The van der Waals surface area contributed by atoms with Crippen LogP contribution in [0.4, 0.5) is 11.5 Å². The lowest BCUT2D eigenvalue weighted by atomic mass is 10.2. The maximum absolute atomic E-state index is 11.7. The highest BCUT2D eigenvalue weighted by atomic mass is 16.1. The fraction of sp³-hybridized carbons (Fsp3) is 0. The van der Waals surface area contributed by atoms with E-state index in [0.717, 1.165) is 0 Å². The Morgan fingerprint density at radius 3 is 2.94 bits per heavy atom. The molecule has 0 unspecified atom stereocenters. The zero-order valence-electron chi connectivity index (χ0n) is 8.77. The lowest BCUT2D eigenvalue weighted by Crippen LogP contribution is -2.12. The Hall–Kier alpha value is -2.81. The molecule has 0 spiro atoms. The molecule has 0 fully saturated rings. The van der Waals surface area contributed by atoms with Gasteiger partial charge in [0.05, 0.1) is 11.6 Å². The van der Waals surface area contributed by atoms with Gasteiger partial charge in [0.15, 0.2) is 0 Å². The Bertz CT molecular complexity index is 596. The van der Waals surface area contributed by atoms with E-state index in [1.54, 1.807) is 24.3 Å². The van der Waals surface area contributed by atoms with Crippen molar-refractivity contribution < 1.29 is 4.79 Å². The highest BCUT2D eigenvalue weighted by Gasteiger charge is 2.08. The number of benzene rings is 1. The number of hydrogen-bond acceptors (Lipinski definition) is 4. The summed E-state index contributed by atoms with van der Waals surface area (Å²) < 4.78 is 0. The molecule has 0 aliphatic carbocycles. The summed E-state index contributed by atoms with van der Waals surface area (Å²) in [5, 5.41) is 17.5. The summed E-state index contributed by atoms with van der Waals surface area (Å²) in [4.78, 5) is 11.7. The van der Waals surface area contributed by atoms with Gasteiger partial charge in [-0.1, -0.05) is 6.07 Å². The molecule has 2 aromatic rings. The van der Waals surface area contributed by atoms with Crippen LogP contribution in [0.3, 0.4) is 0 Å². The van der Waals surface area contributed by atoms with Crippen LogP contribution in [0.5, 0.6) is 0 Å². The SMILES string of the molecule is N#Cc1cccc(NC(=O)c2cc(N)n[nH]2)c1. The van der Waals surface area contributed by atoms with Gasteiger partial charge in [0.1, 0.15) is 11.5 Å². The molecule has 0 atom stereocenters. The van der Waals surface area contributed by atoms with Crippen molar-refractivity contribution in [2.45, 2.75) is 0 Å². The first-order valence-electron chi connectivity index (χ1n) is 4.81. The van der Waals surface area contributed by atoms with Crippen molar-refractivity contribution in [3.8, 4) is 6.07 Å². The number of amides is 1. The van der Waals surface area contributed by atoms with E-state index in [2.05, 4.69) is 15.5 Å². The quantitative estimate of drug-likeness (QED) is 0.714. The van der Waals surface area contributed by atoms with Crippen LogP contribution < -0.4 is 11.1 Å². The largest absolute Gasteiger partial charge is 0.382 e. The van der Waals surface area contributed by atoms with Crippen LogP contribution in [0, 0.1) is 11.3 Å². The maximum Gasteiger partial charge on any atom is 0.273 e. The summed E-state index contributed by atoms with van der Waals surface area (Å²) in [6.45, 7) is 0. The number of nitrogens with one attached hydrogen (secondary N) is 2. The van der Waals surface area contributed by atoms with Gasteiger partial charge in [0.2, 0.25) is 0 Å². The minimum Gasteiger partial charge on any atom is -0.382 e. The first-order chi connectivity index (χ1) is 8.19. The molecule has 4 N–H and O–H groups in total. The normalized spacial score (nSPS) is 9.59. The summed E-state index contributed by atoms with van der Waals surface area (Å²) in [6, 6.07) is 10.0. The number of aromatic amines is 1. The minimum atomic E-state index is -0.357. The number of carbonyl (C=O) groups excluding carboxylic acids is 1. The van der Waals surface area contributed by atoms with E-state index in [-0.39, 0.29) is 17.4 Å². The van der Waals surface area contributed by atoms with Crippen molar-refractivity contribution in [1.29, 1.82) is 5.26 Å². The second-order valence-corrected chi connectivity index (χ2v) is 3.35. The number of nitrogen functional groups attached to an aromatic ring is 1. The Labute approximate surface area is 97.1 Å². The molecule has 0 saturated carbocycles. The highest BCUT2D eigenvalue weighted by molar-refractivity contribution is 6.03. The van der Waals surface area contributed by atoms with Gasteiger partial charge in [-0.25, -0.2) is 0 Å². The smallest absolute Gasteiger partial charge is 0.273 e. The molecule has 1 aromatic carbocycles. The average Bonchev–Trinajstić information content (AvgIpc) is 2.76. The standard InChI is InChI=1S/C11H9N5O/c12-6-7-2-1-3-8(4-7)14-11(17)9-5-10(13)16-15-9/h1-5H,(H,14,17)(H3,13,15,16). The Balaban J connectivity index is 2.16. The van der Waals surface area contributed by atoms with Gasteiger partial charge in [-0.2, -0.15) is 10.4 Å². The molecule has 0 bridgehead atoms. The number of nitrogens with zero attached hydrogens (tertiary/aromatic N) is 2. The lowest BCUT2D eigenvalue weighted by Gasteiger charge is -2.02.